The van der Waals surface area contributed by atoms with Crippen molar-refractivity contribution in [3.63, 3.8) is 0 Å². The molecule has 0 unspecified atom stereocenters. The molecule has 0 aliphatic heterocycles. The largest absolute Gasteiger partial charge is 0.358 e. The zero-order valence-corrected chi connectivity index (χ0v) is 8.01. The quantitative estimate of drug-likeness (QED) is 0.748. The number of benzene rings is 1. The normalized spacial score (nSPS) is 12.2. The van der Waals surface area contributed by atoms with Crippen LogP contribution in [0.3, 0.4) is 0 Å². The Labute approximate surface area is 81.9 Å². The molecule has 0 aliphatic carbocycles. The first-order valence-corrected chi connectivity index (χ1v) is 4.25. The zero-order chi connectivity index (χ0) is 9.84. The van der Waals surface area contributed by atoms with Crippen LogP contribution in [0.15, 0.2) is 24.3 Å². The Balaban J connectivity index is 2.83. The summed E-state index contributed by atoms with van der Waals surface area (Å²) in [7, 11) is 1.55. The predicted molar refractivity (Wildman–Crippen MR) is 52.4 cm³/mol. The van der Waals surface area contributed by atoms with Gasteiger partial charge in [0.1, 0.15) is 6.04 Å². The Kier molecular flexibility index (Phi) is 3.28. The summed E-state index contributed by atoms with van der Waals surface area (Å²) in [5.41, 5.74) is 6.40. The molecule has 0 bridgehead atoms. The van der Waals surface area contributed by atoms with Crippen LogP contribution in [0.25, 0.3) is 0 Å². The molecule has 0 saturated carbocycles. The summed E-state index contributed by atoms with van der Waals surface area (Å²) < 4.78 is 0. The van der Waals surface area contributed by atoms with Crippen LogP contribution in [0.4, 0.5) is 0 Å². The lowest BCUT2D eigenvalue weighted by Gasteiger charge is -2.09. The van der Waals surface area contributed by atoms with Crippen LogP contribution < -0.4 is 11.1 Å². The highest BCUT2D eigenvalue weighted by atomic mass is 35.5. The minimum Gasteiger partial charge on any atom is -0.358 e. The van der Waals surface area contributed by atoms with Gasteiger partial charge >= 0.3 is 0 Å². The molecule has 0 aliphatic rings. The number of hydrogen-bond donors (Lipinski definition) is 2. The standard InChI is InChI=1S/C9H11ClN2O/c1-12-9(13)8(11)6-2-4-7(10)5-3-6/h2-5,8H,11H2,1H3,(H,12,13)/t8-/m1/s1. The van der Waals surface area contributed by atoms with E-state index in [0.717, 1.165) is 5.56 Å². The number of carbonyl (C=O) groups is 1. The molecule has 70 valence electrons. The number of rotatable bonds is 2. The average molecular weight is 199 g/mol. The Morgan fingerprint density at radius 1 is 1.46 bits per heavy atom. The van der Waals surface area contributed by atoms with Gasteiger partial charge in [-0.05, 0) is 17.7 Å². The second kappa shape index (κ2) is 4.25. The average Bonchev–Trinajstić information content (AvgIpc) is 2.17. The monoisotopic (exact) mass is 198 g/mol. The summed E-state index contributed by atoms with van der Waals surface area (Å²) in [6.45, 7) is 0. The summed E-state index contributed by atoms with van der Waals surface area (Å²) in [6.07, 6.45) is 0. The van der Waals surface area contributed by atoms with Gasteiger partial charge in [0.15, 0.2) is 0 Å². The summed E-state index contributed by atoms with van der Waals surface area (Å²) >= 11 is 5.69. The number of amides is 1. The van der Waals surface area contributed by atoms with Gasteiger partial charge in [-0.2, -0.15) is 0 Å². The van der Waals surface area contributed by atoms with Crippen molar-refractivity contribution in [1.82, 2.24) is 5.32 Å². The lowest BCUT2D eigenvalue weighted by molar-refractivity contribution is -0.121. The number of carbonyl (C=O) groups excluding carboxylic acids is 1. The van der Waals surface area contributed by atoms with Crippen molar-refractivity contribution in [1.29, 1.82) is 0 Å². The van der Waals surface area contributed by atoms with Gasteiger partial charge in [0.05, 0.1) is 0 Å². The maximum absolute atomic E-state index is 11.1. The van der Waals surface area contributed by atoms with Gasteiger partial charge in [-0.3, -0.25) is 4.79 Å². The topological polar surface area (TPSA) is 55.1 Å². The number of nitrogens with one attached hydrogen (secondary N) is 1. The van der Waals surface area contributed by atoms with Crippen LogP contribution in [0, 0.1) is 0 Å². The van der Waals surface area contributed by atoms with E-state index in [0.29, 0.717) is 5.02 Å². The van der Waals surface area contributed by atoms with Crippen LogP contribution in [-0.2, 0) is 4.79 Å². The first kappa shape index (κ1) is 10.0. The predicted octanol–water partition coefficient (Wildman–Crippen LogP) is 1.09. The lowest BCUT2D eigenvalue weighted by Crippen LogP contribution is -2.31. The van der Waals surface area contributed by atoms with E-state index in [1.165, 1.54) is 0 Å². The highest BCUT2D eigenvalue weighted by Crippen LogP contribution is 2.14. The summed E-state index contributed by atoms with van der Waals surface area (Å²) in [5, 5.41) is 3.11. The van der Waals surface area contributed by atoms with E-state index >= 15 is 0 Å². The molecule has 0 radical (unpaired) electrons. The van der Waals surface area contributed by atoms with Crippen LogP contribution in [0.2, 0.25) is 5.02 Å². The fourth-order valence-corrected chi connectivity index (χ4v) is 1.10. The molecule has 1 amide bonds. The van der Waals surface area contributed by atoms with Crippen molar-refractivity contribution in [2.45, 2.75) is 6.04 Å². The molecular weight excluding hydrogens is 188 g/mol. The SMILES string of the molecule is CNC(=O)[C@H](N)c1ccc(Cl)cc1. The molecule has 0 aromatic heterocycles. The zero-order valence-electron chi connectivity index (χ0n) is 7.25. The van der Waals surface area contributed by atoms with Gasteiger partial charge in [0.25, 0.3) is 0 Å². The maximum atomic E-state index is 11.1. The minimum absolute atomic E-state index is 0.206. The Hall–Kier alpha value is -1.06. The molecule has 1 aromatic rings. The van der Waals surface area contributed by atoms with E-state index < -0.39 is 6.04 Å². The smallest absolute Gasteiger partial charge is 0.241 e. The van der Waals surface area contributed by atoms with Crippen molar-refractivity contribution in [3.8, 4) is 0 Å². The highest BCUT2D eigenvalue weighted by Gasteiger charge is 2.12. The second-order valence-electron chi connectivity index (χ2n) is 2.64. The van der Waals surface area contributed by atoms with E-state index in [1.807, 2.05) is 0 Å². The van der Waals surface area contributed by atoms with Crippen LogP contribution in [-0.4, -0.2) is 13.0 Å². The molecule has 4 heteroatoms. The molecule has 3 N–H and O–H groups in total. The van der Waals surface area contributed by atoms with Crippen LogP contribution in [0.5, 0.6) is 0 Å². The minimum atomic E-state index is -0.623. The molecule has 0 heterocycles. The molecule has 0 spiro atoms. The first-order valence-electron chi connectivity index (χ1n) is 3.88. The molecule has 1 rings (SSSR count). The Morgan fingerprint density at radius 3 is 2.46 bits per heavy atom. The molecule has 1 atom stereocenters. The van der Waals surface area contributed by atoms with Crippen molar-refractivity contribution in [2.75, 3.05) is 7.05 Å². The third kappa shape index (κ3) is 2.44. The summed E-state index contributed by atoms with van der Waals surface area (Å²) in [5.74, 6) is -0.206. The number of nitrogens with two attached hydrogens (primary N) is 1. The molecule has 1 aromatic carbocycles. The van der Waals surface area contributed by atoms with Crippen molar-refractivity contribution in [2.24, 2.45) is 5.73 Å². The van der Waals surface area contributed by atoms with E-state index in [2.05, 4.69) is 5.32 Å². The first-order chi connectivity index (χ1) is 6.15. The number of likely N-dealkylation sites (N-methyl/N-ethyl adjacent to an activating group) is 1. The third-order valence-electron chi connectivity index (χ3n) is 1.76. The van der Waals surface area contributed by atoms with Gasteiger partial charge < -0.3 is 11.1 Å². The number of halogens is 1. The van der Waals surface area contributed by atoms with Gasteiger partial charge in [-0.25, -0.2) is 0 Å². The third-order valence-corrected chi connectivity index (χ3v) is 2.01. The van der Waals surface area contributed by atoms with Crippen molar-refractivity contribution in [3.05, 3.63) is 34.9 Å². The van der Waals surface area contributed by atoms with Crippen molar-refractivity contribution >= 4 is 17.5 Å². The molecule has 3 nitrogen and oxygen atoms in total. The Bertz CT molecular complexity index is 297. The molecular formula is C9H11ClN2O. The lowest BCUT2D eigenvalue weighted by atomic mass is 10.1. The molecule has 13 heavy (non-hydrogen) atoms. The van der Waals surface area contributed by atoms with E-state index in [1.54, 1.807) is 31.3 Å². The molecule has 0 saturated heterocycles. The van der Waals surface area contributed by atoms with E-state index in [9.17, 15) is 4.79 Å². The molecule has 0 fully saturated rings. The summed E-state index contributed by atoms with van der Waals surface area (Å²) in [4.78, 5) is 11.1. The maximum Gasteiger partial charge on any atom is 0.241 e. The van der Waals surface area contributed by atoms with E-state index in [4.69, 9.17) is 17.3 Å². The second-order valence-corrected chi connectivity index (χ2v) is 3.08. The fourth-order valence-electron chi connectivity index (χ4n) is 0.977. The van der Waals surface area contributed by atoms with Crippen LogP contribution >= 0.6 is 11.6 Å². The van der Waals surface area contributed by atoms with Gasteiger partial charge in [0, 0.05) is 12.1 Å². The van der Waals surface area contributed by atoms with Gasteiger partial charge in [-0.1, -0.05) is 23.7 Å². The highest BCUT2D eigenvalue weighted by molar-refractivity contribution is 6.30. The fraction of sp³-hybridized carbons (Fsp3) is 0.222. The van der Waals surface area contributed by atoms with Crippen molar-refractivity contribution < 1.29 is 4.79 Å². The van der Waals surface area contributed by atoms with Gasteiger partial charge in [0.2, 0.25) is 5.91 Å². The van der Waals surface area contributed by atoms with Crippen LogP contribution in [0.1, 0.15) is 11.6 Å². The van der Waals surface area contributed by atoms with E-state index in [-0.39, 0.29) is 5.91 Å². The number of hydrogen-bond acceptors (Lipinski definition) is 2. The Morgan fingerprint density at radius 2 is 2.00 bits per heavy atom. The summed E-state index contributed by atoms with van der Waals surface area (Å²) in [6, 6.07) is 6.27. The van der Waals surface area contributed by atoms with Gasteiger partial charge in [-0.15, -0.1) is 0 Å².